The number of para-hydroxylation sites is 2. The number of nitrogens with zero attached hydrogens (tertiary/aromatic N) is 4. The van der Waals surface area contributed by atoms with Crippen LogP contribution in [0.5, 0.6) is 5.75 Å². The molecule has 7 nitrogen and oxygen atoms in total. The number of hydrogen-bond acceptors (Lipinski definition) is 6. The van der Waals surface area contributed by atoms with Gasteiger partial charge in [0, 0.05) is 29.2 Å². The van der Waals surface area contributed by atoms with Gasteiger partial charge in [0.05, 0.1) is 18.6 Å². The van der Waals surface area contributed by atoms with Gasteiger partial charge in [-0.3, -0.25) is 4.57 Å². The number of nitrogens with one attached hydrogen (secondary N) is 1. The van der Waals surface area contributed by atoms with E-state index in [1.165, 1.54) is 0 Å². The van der Waals surface area contributed by atoms with Crippen molar-refractivity contribution in [3.05, 3.63) is 34.4 Å². The lowest BCUT2D eigenvalue weighted by atomic mass is 10.2. The van der Waals surface area contributed by atoms with Crippen molar-refractivity contribution >= 4 is 45.3 Å². The SMILES string of the molecule is CCOc1ccccc1Nc1nc(I)nc2c1ncn2C1CCCCO1. The number of anilines is 2. The molecule has 2 aromatic heterocycles. The molecule has 0 radical (unpaired) electrons. The maximum atomic E-state index is 5.90. The topological polar surface area (TPSA) is 74.1 Å². The highest BCUT2D eigenvalue weighted by Crippen LogP contribution is 2.32. The van der Waals surface area contributed by atoms with Crippen LogP contribution in [0.2, 0.25) is 0 Å². The van der Waals surface area contributed by atoms with Crippen LogP contribution in [0.15, 0.2) is 30.6 Å². The van der Waals surface area contributed by atoms with Crippen molar-refractivity contribution in [2.45, 2.75) is 32.4 Å². The van der Waals surface area contributed by atoms with E-state index in [0.717, 1.165) is 48.5 Å². The van der Waals surface area contributed by atoms with Crippen molar-refractivity contribution < 1.29 is 9.47 Å². The lowest BCUT2D eigenvalue weighted by Gasteiger charge is -2.23. The van der Waals surface area contributed by atoms with Gasteiger partial charge < -0.3 is 14.8 Å². The Bertz CT molecular complexity index is 908. The quantitative estimate of drug-likeness (QED) is 0.448. The molecule has 4 rings (SSSR count). The van der Waals surface area contributed by atoms with E-state index in [1.807, 2.05) is 35.8 Å². The van der Waals surface area contributed by atoms with Gasteiger partial charge in [-0.05, 0) is 38.3 Å². The molecule has 0 saturated carbocycles. The predicted octanol–water partition coefficient (Wildman–Crippen LogP) is 4.27. The standard InChI is InChI=1S/C18H20IN5O2/c1-2-25-13-8-4-3-7-12(13)21-16-15-17(23-18(19)22-16)24(11-20-15)14-9-5-6-10-26-14/h3-4,7-8,11,14H,2,5-6,9-10H2,1H3,(H,21,22,23). The van der Waals surface area contributed by atoms with Crippen LogP contribution in [0.3, 0.4) is 0 Å². The molecule has 1 aliphatic heterocycles. The van der Waals surface area contributed by atoms with Gasteiger partial charge in [0.1, 0.15) is 12.0 Å². The summed E-state index contributed by atoms with van der Waals surface area (Å²) in [5, 5.41) is 3.36. The molecule has 1 unspecified atom stereocenters. The fourth-order valence-electron chi connectivity index (χ4n) is 3.11. The normalized spacial score (nSPS) is 17.4. The van der Waals surface area contributed by atoms with E-state index in [9.17, 15) is 0 Å². The van der Waals surface area contributed by atoms with Crippen LogP contribution >= 0.6 is 22.6 Å². The number of fused-ring (bicyclic) bond motifs is 1. The molecule has 3 aromatic rings. The monoisotopic (exact) mass is 465 g/mol. The van der Waals surface area contributed by atoms with Crippen LogP contribution in [0.4, 0.5) is 11.5 Å². The van der Waals surface area contributed by atoms with Gasteiger partial charge in [0.25, 0.3) is 0 Å². The molecule has 0 bridgehead atoms. The Kier molecular flexibility index (Phi) is 5.21. The molecule has 26 heavy (non-hydrogen) atoms. The summed E-state index contributed by atoms with van der Waals surface area (Å²) in [5.41, 5.74) is 2.37. The summed E-state index contributed by atoms with van der Waals surface area (Å²) in [6.07, 6.45) is 5.02. The molecule has 1 aromatic carbocycles. The minimum Gasteiger partial charge on any atom is -0.492 e. The first kappa shape index (κ1) is 17.5. The molecule has 136 valence electrons. The number of hydrogen-bond donors (Lipinski definition) is 1. The van der Waals surface area contributed by atoms with E-state index in [4.69, 9.17) is 9.47 Å². The van der Waals surface area contributed by atoms with E-state index in [1.54, 1.807) is 6.33 Å². The van der Waals surface area contributed by atoms with Gasteiger partial charge in [-0.15, -0.1) is 0 Å². The maximum Gasteiger partial charge on any atom is 0.194 e. The van der Waals surface area contributed by atoms with Gasteiger partial charge in [-0.1, -0.05) is 12.1 Å². The first-order chi connectivity index (χ1) is 12.8. The van der Waals surface area contributed by atoms with Crippen LogP contribution in [0.1, 0.15) is 32.4 Å². The maximum absolute atomic E-state index is 5.90. The second-order valence-corrected chi connectivity index (χ2v) is 7.01. The number of ether oxygens (including phenoxy) is 2. The third-order valence-corrected chi connectivity index (χ3v) is 4.78. The summed E-state index contributed by atoms with van der Waals surface area (Å²) in [4.78, 5) is 13.7. The second-order valence-electron chi connectivity index (χ2n) is 6.04. The molecular weight excluding hydrogens is 445 g/mol. The van der Waals surface area contributed by atoms with Gasteiger partial charge >= 0.3 is 0 Å². The van der Waals surface area contributed by atoms with Gasteiger partial charge in [-0.25, -0.2) is 15.0 Å². The van der Waals surface area contributed by atoms with E-state index < -0.39 is 0 Å². The highest BCUT2D eigenvalue weighted by molar-refractivity contribution is 14.1. The zero-order valence-electron chi connectivity index (χ0n) is 14.5. The van der Waals surface area contributed by atoms with Crippen LogP contribution in [-0.4, -0.2) is 32.7 Å². The summed E-state index contributed by atoms with van der Waals surface area (Å²) >= 11 is 2.13. The lowest BCUT2D eigenvalue weighted by molar-refractivity contribution is -0.0298. The number of halogens is 1. The smallest absolute Gasteiger partial charge is 0.194 e. The Hall–Kier alpha value is -1.94. The van der Waals surface area contributed by atoms with Crippen molar-refractivity contribution in [1.82, 2.24) is 19.5 Å². The lowest BCUT2D eigenvalue weighted by Crippen LogP contribution is -2.18. The molecule has 1 fully saturated rings. The number of rotatable bonds is 5. The van der Waals surface area contributed by atoms with Crippen molar-refractivity contribution in [1.29, 1.82) is 0 Å². The Labute approximate surface area is 165 Å². The third-order valence-electron chi connectivity index (χ3n) is 4.30. The van der Waals surface area contributed by atoms with Crippen LogP contribution in [0.25, 0.3) is 11.2 Å². The Morgan fingerprint density at radius 1 is 1.31 bits per heavy atom. The Morgan fingerprint density at radius 3 is 3.00 bits per heavy atom. The minimum atomic E-state index is -0.0111. The predicted molar refractivity (Wildman–Crippen MR) is 108 cm³/mol. The number of imidazole rings is 1. The molecule has 0 aliphatic carbocycles. The molecule has 1 saturated heterocycles. The van der Waals surface area contributed by atoms with Crippen molar-refractivity contribution in [2.75, 3.05) is 18.5 Å². The molecule has 3 heterocycles. The summed E-state index contributed by atoms with van der Waals surface area (Å²) in [6, 6.07) is 7.81. The molecule has 8 heteroatoms. The van der Waals surface area contributed by atoms with Crippen LogP contribution in [0, 0.1) is 3.83 Å². The average Bonchev–Trinajstić information content (AvgIpc) is 3.08. The Morgan fingerprint density at radius 2 is 2.19 bits per heavy atom. The summed E-state index contributed by atoms with van der Waals surface area (Å²) in [7, 11) is 0. The zero-order valence-corrected chi connectivity index (χ0v) is 16.6. The van der Waals surface area contributed by atoms with E-state index >= 15 is 0 Å². The van der Waals surface area contributed by atoms with Crippen molar-refractivity contribution in [2.24, 2.45) is 0 Å². The van der Waals surface area contributed by atoms with Crippen molar-refractivity contribution in [3.8, 4) is 5.75 Å². The minimum absolute atomic E-state index is 0.0111. The fraction of sp³-hybridized carbons (Fsp3) is 0.389. The summed E-state index contributed by atoms with van der Waals surface area (Å²) in [5.74, 6) is 1.45. The Balaban J connectivity index is 1.73. The molecule has 1 atom stereocenters. The van der Waals surface area contributed by atoms with E-state index in [0.29, 0.717) is 16.3 Å². The van der Waals surface area contributed by atoms with E-state index in [2.05, 4.69) is 42.9 Å². The van der Waals surface area contributed by atoms with E-state index in [-0.39, 0.29) is 6.23 Å². The zero-order chi connectivity index (χ0) is 17.9. The van der Waals surface area contributed by atoms with Crippen LogP contribution < -0.4 is 10.1 Å². The first-order valence-corrected chi connectivity index (χ1v) is 9.84. The molecular formula is C18H20IN5O2. The second kappa shape index (κ2) is 7.75. The third kappa shape index (κ3) is 3.48. The summed E-state index contributed by atoms with van der Waals surface area (Å²) < 4.78 is 14.3. The van der Waals surface area contributed by atoms with Gasteiger partial charge in [0.15, 0.2) is 20.8 Å². The van der Waals surface area contributed by atoms with Gasteiger partial charge in [0.2, 0.25) is 0 Å². The highest BCUT2D eigenvalue weighted by Gasteiger charge is 2.21. The molecule has 1 aliphatic rings. The number of aromatic nitrogens is 4. The molecule has 1 N–H and O–H groups in total. The fourth-order valence-corrected chi connectivity index (χ4v) is 3.58. The average molecular weight is 465 g/mol. The summed E-state index contributed by atoms with van der Waals surface area (Å²) in [6.45, 7) is 3.34. The largest absolute Gasteiger partial charge is 0.492 e. The van der Waals surface area contributed by atoms with Crippen LogP contribution in [-0.2, 0) is 4.74 Å². The van der Waals surface area contributed by atoms with Gasteiger partial charge in [-0.2, -0.15) is 0 Å². The number of benzene rings is 1. The molecule has 0 amide bonds. The highest BCUT2D eigenvalue weighted by atomic mass is 127. The first-order valence-electron chi connectivity index (χ1n) is 8.77. The molecule has 0 spiro atoms. The van der Waals surface area contributed by atoms with Crippen molar-refractivity contribution in [3.63, 3.8) is 0 Å².